The van der Waals surface area contributed by atoms with Crippen LogP contribution in [0.1, 0.15) is 6.92 Å². The smallest absolute Gasteiger partial charge is 0.379 e. The summed E-state index contributed by atoms with van der Waals surface area (Å²) in [6.07, 6.45) is -0.0324. The maximum atomic E-state index is 10.2. The lowest BCUT2D eigenvalue weighted by Gasteiger charge is -2.10. The van der Waals surface area contributed by atoms with Gasteiger partial charge in [0.25, 0.3) is 0 Å². The van der Waals surface area contributed by atoms with Gasteiger partial charge < -0.3 is 19.3 Å². The molecule has 0 aromatic heterocycles. The molecule has 0 aromatic carbocycles. The summed E-state index contributed by atoms with van der Waals surface area (Å²) in [6.45, 7) is 2.21. The van der Waals surface area contributed by atoms with Gasteiger partial charge >= 0.3 is 7.82 Å². The van der Waals surface area contributed by atoms with Gasteiger partial charge in [0.1, 0.15) is 0 Å². The number of methoxy groups -OCH3 is 1. The van der Waals surface area contributed by atoms with Crippen molar-refractivity contribution in [1.29, 1.82) is 0 Å². The Morgan fingerprint density at radius 1 is 1.38 bits per heavy atom. The zero-order valence-corrected chi connectivity index (χ0v) is 8.57. The van der Waals surface area contributed by atoms with Crippen LogP contribution in [0, 0.1) is 0 Å². The van der Waals surface area contributed by atoms with Gasteiger partial charge in [-0.1, -0.05) is 0 Å². The van der Waals surface area contributed by atoms with Crippen molar-refractivity contribution >= 4 is 7.82 Å². The third-order valence-electron chi connectivity index (χ3n) is 1.24. The molecule has 0 spiro atoms. The van der Waals surface area contributed by atoms with Crippen molar-refractivity contribution in [3.63, 3.8) is 0 Å². The van der Waals surface area contributed by atoms with Crippen molar-refractivity contribution < 1.29 is 28.3 Å². The van der Waals surface area contributed by atoms with Crippen LogP contribution in [0.5, 0.6) is 0 Å². The first kappa shape index (κ1) is 13.0. The molecule has 0 rings (SSSR count). The van der Waals surface area contributed by atoms with Gasteiger partial charge in [0, 0.05) is 7.11 Å². The summed E-state index contributed by atoms with van der Waals surface area (Å²) in [5.41, 5.74) is 0. The molecule has 80 valence electrons. The molecule has 1 atom stereocenters. The van der Waals surface area contributed by atoms with Crippen LogP contribution in [0.3, 0.4) is 0 Å². The number of phosphoric acid groups is 1. The molecule has 7 heteroatoms. The minimum atomic E-state index is -4.35. The van der Waals surface area contributed by atoms with Crippen LogP contribution in [-0.4, -0.2) is 42.8 Å². The van der Waals surface area contributed by atoms with E-state index < -0.39 is 7.82 Å². The second-order valence-corrected chi connectivity index (χ2v) is 3.68. The minimum Gasteiger partial charge on any atom is -0.379 e. The Kier molecular flexibility index (Phi) is 6.49. The molecule has 0 aromatic rings. The summed E-state index contributed by atoms with van der Waals surface area (Å²) in [4.78, 5) is 16.6. The number of ether oxygens (including phenoxy) is 2. The van der Waals surface area contributed by atoms with E-state index in [1.54, 1.807) is 7.11 Å². The van der Waals surface area contributed by atoms with E-state index in [1.807, 2.05) is 6.92 Å². The number of phosphoric ester groups is 1. The van der Waals surface area contributed by atoms with Crippen LogP contribution in [0.15, 0.2) is 0 Å². The highest BCUT2D eigenvalue weighted by Crippen LogP contribution is 2.35. The van der Waals surface area contributed by atoms with Crippen LogP contribution >= 0.6 is 7.82 Å². The molecular formula is C6H15O6P. The molecule has 0 aliphatic carbocycles. The molecule has 0 aliphatic rings. The predicted octanol–water partition coefficient (Wildman–Crippen LogP) is 0.147. The lowest BCUT2D eigenvalue weighted by molar-refractivity contribution is 0.00679. The van der Waals surface area contributed by atoms with Crippen molar-refractivity contribution in [3.05, 3.63) is 0 Å². The molecule has 0 radical (unpaired) electrons. The fraction of sp³-hybridized carbons (Fsp3) is 1.00. The van der Waals surface area contributed by atoms with Crippen molar-refractivity contribution in [2.24, 2.45) is 0 Å². The standard InChI is InChI=1S/C6H15O6P/c1-6(10-2)5-11-3-4-12-13(7,8)9/h6H,3-5H2,1-2H3,(H2,7,8,9). The van der Waals surface area contributed by atoms with Gasteiger partial charge in [0.2, 0.25) is 0 Å². The molecule has 0 fully saturated rings. The monoisotopic (exact) mass is 214 g/mol. The Hall–Kier alpha value is 0.0300. The fourth-order valence-corrected chi connectivity index (χ4v) is 0.845. The first-order chi connectivity index (χ1) is 5.95. The van der Waals surface area contributed by atoms with E-state index in [2.05, 4.69) is 4.52 Å². The normalized spacial score (nSPS) is 14.5. The van der Waals surface area contributed by atoms with Crippen molar-refractivity contribution in [2.45, 2.75) is 13.0 Å². The van der Waals surface area contributed by atoms with Gasteiger partial charge in [-0.3, -0.25) is 4.52 Å². The van der Waals surface area contributed by atoms with E-state index in [0.29, 0.717) is 6.61 Å². The topological polar surface area (TPSA) is 85.2 Å². The summed E-state index contributed by atoms with van der Waals surface area (Å²) in [5, 5.41) is 0. The highest BCUT2D eigenvalue weighted by molar-refractivity contribution is 7.46. The Morgan fingerprint density at radius 3 is 2.46 bits per heavy atom. The first-order valence-electron chi connectivity index (χ1n) is 3.76. The predicted molar refractivity (Wildman–Crippen MR) is 45.3 cm³/mol. The molecule has 2 N–H and O–H groups in total. The summed E-state index contributed by atoms with van der Waals surface area (Å²) >= 11 is 0. The zero-order chi connectivity index (χ0) is 10.3. The molecule has 0 saturated carbocycles. The summed E-state index contributed by atoms with van der Waals surface area (Å²) in [7, 11) is -2.79. The second kappa shape index (κ2) is 6.48. The Labute approximate surface area is 77.0 Å². The van der Waals surface area contributed by atoms with Crippen LogP contribution in [0.2, 0.25) is 0 Å². The van der Waals surface area contributed by atoms with E-state index in [4.69, 9.17) is 19.3 Å². The summed E-state index contributed by atoms with van der Waals surface area (Å²) in [6, 6.07) is 0. The largest absolute Gasteiger partial charge is 0.469 e. The molecule has 0 heterocycles. The average Bonchev–Trinajstić information content (AvgIpc) is 2.01. The molecule has 1 unspecified atom stereocenters. The van der Waals surface area contributed by atoms with Gasteiger partial charge in [-0.15, -0.1) is 0 Å². The van der Waals surface area contributed by atoms with Gasteiger partial charge in [-0.2, -0.15) is 0 Å². The first-order valence-corrected chi connectivity index (χ1v) is 5.29. The molecule has 0 aliphatic heterocycles. The highest BCUT2D eigenvalue weighted by Gasteiger charge is 2.12. The van der Waals surface area contributed by atoms with Gasteiger partial charge in [-0.25, -0.2) is 4.57 Å². The summed E-state index contributed by atoms with van der Waals surface area (Å²) < 4.78 is 24.2. The lowest BCUT2D eigenvalue weighted by Crippen LogP contribution is -2.15. The van der Waals surface area contributed by atoms with E-state index >= 15 is 0 Å². The molecule has 0 bridgehead atoms. The Morgan fingerprint density at radius 2 is 2.00 bits per heavy atom. The minimum absolute atomic E-state index is 0.0324. The Balaban J connectivity index is 3.22. The van der Waals surface area contributed by atoms with Gasteiger partial charge in [0.15, 0.2) is 0 Å². The molecule has 0 amide bonds. The SMILES string of the molecule is COC(C)COCCOP(=O)(O)O. The molecule has 13 heavy (non-hydrogen) atoms. The van der Waals surface area contributed by atoms with Crippen LogP contribution in [0.25, 0.3) is 0 Å². The maximum Gasteiger partial charge on any atom is 0.469 e. The number of hydrogen-bond donors (Lipinski definition) is 2. The third-order valence-corrected chi connectivity index (χ3v) is 1.76. The van der Waals surface area contributed by atoms with Crippen LogP contribution < -0.4 is 0 Å². The average molecular weight is 214 g/mol. The van der Waals surface area contributed by atoms with E-state index in [9.17, 15) is 4.57 Å². The van der Waals surface area contributed by atoms with Gasteiger partial charge in [-0.05, 0) is 6.92 Å². The summed E-state index contributed by atoms with van der Waals surface area (Å²) in [5.74, 6) is 0. The van der Waals surface area contributed by atoms with Crippen molar-refractivity contribution in [3.8, 4) is 0 Å². The second-order valence-electron chi connectivity index (χ2n) is 2.45. The third kappa shape index (κ3) is 9.95. The number of rotatable bonds is 7. The maximum absolute atomic E-state index is 10.2. The van der Waals surface area contributed by atoms with Crippen LogP contribution in [-0.2, 0) is 18.6 Å². The van der Waals surface area contributed by atoms with Crippen LogP contribution in [0.4, 0.5) is 0 Å². The Bertz CT molecular complexity index is 167. The zero-order valence-electron chi connectivity index (χ0n) is 7.67. The van der Waals surface area contributed by atoms with Crippen molar-refractivity contribution in [1.82, 2.24) is 0 Å². The highest BCUT2D eigenvalue weighted by atomic mass is 31.2. The van der Waals surface area contributed by atoms with E-state index in [-0.39, 0.29) is 19.3 Å². The molecule has 0 saturated heterocycles. The number of hydrogen-bond acceptors (Lipinski definition) is 4. The van der Waals surface area contributed by atoms with E-state index in [0.717, 1.165) is 0 Å². The fourth-order valence-electron chi connectivity index (χ4n) is 0.532. The van der Waals surface area contributed by atoms with Crippen molar-refractivity contribution in [2.75, 3.05) is 26.9 Å². The molecular weight excluding hydrogens is 199 g/mol. The van der Waals surface area contributed by atoms with E-state index in [1.165, 1.54) is 0 Å². The quantitative estimate of drug-likeness (QED) is 0.463. The lowest BCUT2D eigenvalue weighted by atomic mass is 10.4. The van der Waals surface area contributed by atoms with Gasteiger partial charge in [0.05, 0.1) is 25.9 Å². The molecule has 6 nitrogen and oxygen atoms in total.